The summed E-state index contributed by atoms with van der Waals surface area (Å²) in [5, 5.41) is 6.41. The minimum Gasteiger partial charge on any atom is -0.355 e. The largest absolute Gasteiger partial charge is 0.355 e. The number of para-hydroxylation sites is 1. The first-order valence-electron chi connectivity index (χ1n) is 6.31. The van der Waals surface area contributed by atoms with E-state index < -0.39 is 0 Å². The monoisotopic (exact) mass is 282 g/mol. The summed E-state index contributed by atoms with van der Waals surface area (Å²) in [5.74, 6) is -0.376. The molecule has 3 aromatic rings. The van der Waals surface area contributed by atoms with Crippen LogP contribution in [0.4, 0.5) is 10.1 Å². The van der Waals surface area contributed by atoms with Crippen LogP contribution in [0.1, 0.15) is 10.4 Å². The van der Waals surface area contributed by atoms with Gasteiger partial charge in [-0.1, -0.05) is 23.4 Å². The Hall–Kier alpha value is -2.95. The van der Waals surface area contributed by atoms with Gasteiger partial charge in [0.1, 0.15) is 11.4 Å². The average molecular weight is 282 g/mol. The Bertz CT molecular complexity index is 751. The molecule has 2 aromatic carbocycles. The molecule has 1 N–H and O–H groups in total. The Morgan fingerprint density at radius 2 is 1.76 bits per heavy atom. The van der Waals surface area contributed by atoms with Gasteiger partial charge in [-0.2, -0.15) is 0 Å². The Morgan fingerprint density at radius 3 is 2.48 bits per heavy atom. The molecular weight excluding hydrogens is 271 g/mol. The molecule has 0 fully saturated rings. The third-order valence-corrected chi connectivity index (χ3v) is 2.95. The SMILES string of the molecule is O=C(Nc1ccccc1)c1cnoc1-c1ccc(F)cc1. The molecular formula is C16H11FN2O2. The van der Waals surface area contributed by atoms with Crippen molar-refractivity contribution in [3.8, 4) is 11.3 Å². The number of rotatable bonds is 3. The zero-order chi connectivity index (χ0) is 14.7. The third-order valence-electron chi connectivity index (χ3n) is 2.95. The number of halogens is 1. The second-order valence-electron chi connectivity index (χ2n) is 4.40. The molecule has 21 heavy (non-hydrogen) atoms. The smallest absolute Gasteiger partial charge is 0.261 e. The van der Waals surface area contributed by atoms with E-state index in [1.807, 2.05) is 18.2 Å². The second-order valence-corrected chi connectivity index (χ2v) is 4.40. The number of anilines is 1. The maximum Gasteiger partial charge on any atom is 0.261 e. The van der Waals surface area contributed by atoms with Crippen LogP contribution in [-0.2, 0) is 0 Å². The second kappa shape index (κ2) is 5.58. The highest BCUT2D eigenvalue weighted by Crippen LogP contribution is 2.24. The summed E-state index contributed by atoms with van der Waals surface area (Å²) in [4.78, 5) is 12.3. The lowest BCUT2D eigenvalue weighted by Gasteiger charge is -2.04. The molecule has 4 nitrogen and oxygen atoms in total. The van der Waals surface area contributed by atoms with Gasteiger partial charge in [0.15, 0.2) is 5.76 Å². The number of nitrogens with one attached hydrogen (secondary N) is 1. The normalized spacial score (nSPS) is 10.3. The maximum absolute atomic E-state index is 12.9. The quantitative estimate of drug-likeness (QED) is 0.796. The van der Waals surface area contributed by atoms with Gasteiger partial charge in [0.25, 0.3) is 5.91 Å². The zero-order valence-corrected chi connectivity index (χ0v) is 10.9. The van der Waals surface area contributed by atoms with E-state index in [2.05, 4.69) is 10.5 Å². The van der Waals surface area contributed by atoms with Gasteiger partial charge in [-0.25, -0.2) is 4.39 Å². The molecule has 0 atom stereocenters. The van der Waals surface area contributed by atoms with Gasteiger partial charge in [-0.05, 0) is 36.4 Å². The summed E-state index contributed by atoms with van der Waals surface area (Å²) >= 11 is 0. The van der Waals surface area contributed by atoms with E-state index in [0.29, 0.717) is 22.6 Å². The summed E-state index contributed by atoms with van der Waals surface area (Å²) in [7, 11) is 0. The summed E-state index contributed by atoms with van der Waals surface area (Å²) in [6.45, 7) is 0. The van der Waals surface area contributed by atoms with Crippen molar-refractivity contribution >= 4 is 11.6 Å². The summed E-state index contributed by atoms with van der Waals surface area (Å²) in [6, 6.07) is 14.7. The standard InChI is InChI=1S/C16H11FN2O2/c17-12-8-6-11(7-9-12)15-14(10-18-21-15)16(20)19-13-4-2-1-3-5-13/h1-10H,(H,19,20). The van der Waals surface area contributed by atoms with E-state index in [4.69, 9.17) is 4.52 Å². The van der Waals surface area contributed by atoms with Crippen molar-refractivity contribution in [3.05, 3.63) is 72.2 Å². The van der Waals surface area contributed by atoms with Crippen LogP contribution < -0.4 is 5.32 Å². The number of benzene rings is 2. The molecule has 0 saturated carbocycles. The predicted octanol–water partition coefficient (Wildman–Crippen LogP) is 3.73. The van der Waals surface area contributed by atoms with Crippen LogP contribution in [-0.4, -0.2) is 11.1 Å². The lowest BCUT2D eigenvalue weighted by molar-refractivity contribution is 0.102. The molecule has 0 aliphatic rings. The van der Waals surface area contributed by atoms with Crippen LogP contribution in [0.25, 0.3) is 11.3 Å². The molecule has 104 valence electrons. The fourth-order valence-electron chi connectivity index (χ4n) is 1.93. The first kappa shape index (κ1) is 13.1. The van der Waals surface area contributed by atoms with Crippen molar-refractivity contribution in [2.45, 2.75) is 0 Å². The lowest BCUT2D eigenvalue weighted by atomic mass is 10.1. The topological polar surface area (TPSA) is 55.1 Å². The summed E-state index contributed by atoms with van der Waals surface area (Å²) in [6.07, 6.45) is 1.34. The van der Waals surface area contributed by atoms with Crippen molar-refractivity contribution in [1.29, 1.82) is 0 Å². The lowest BCUT2D eigenvalue weighted by Crippen LogP contribution is -2.11. The van der Waals surface area contributed by atoms with Gasteiger partial charge in [-0.15, -0.1) is 0 Å². The Morgan fingerprint density at radius 1 is 1.05 bits per heavy atom. The molecule has 0 radical (unpaired) electrons. The highest BCUT2D eigenvalue weighted by atomic mass is 19.1. The molecule has 0 aliphatic carbocycles. The number of nitrogens with zero attached hydrogens (tertiary/aromatic N) is 1. The van der Waals surface area contributed by atoms with E-state index in [1.54, 1.807) is 12.1 Å². The fourth-order valence-corrected chi connectivity index (χ4v) is 1.93. The average Bonchev–Trinajstić information content (AvgIpc) is 2.98. The first-order valence-corrected chi connectivity index (χ1v) is 6.31. The molecule has 0 aliphatic heterocycles. The zero-order valence-electron chi connectivity index (χ0n) is 10.9. The number of hydrogen-bond acceptors (Lipinski definition) is 3. The Balaban J connectivity index is 1.88. The number of amides is 1. The molecule has 1 aromatic heterocycles. The van der Waals surface area contributed by atoms with E-state index in [-0.39, 0.29) is 11.7 Å². The van der Waals surface area contributed by atoms with Crippen LogP contribution in [0.3, 0.4) is 0 Å². The maximum atomic E-state index is 12.9. The van der Waals surface area contributed by atoms with Crippen molar-refractivity contribution in [2.75, 3.05) is 5.32 Å². The van der Waals surface area contributed by atoms with Gasteiger partial charge in [0.05, 0.1) is 6.20 Å². The predicted molar refractivity (Wildman–Crippen MR) is 76.3 cm³/mol. The highest BCUT2D eigenvalue weighted by Gasteiger charge is 2.18. The number of carbonyl (C=O) groups is 1. The number of aromatic nitrogens is 1. The molecule has 0 bridgehead atoms. The highest BCUT2D eigenvalue weighted by molar-refractivity contribution is 6.07. The van der Waals surface area contributed by atoms with E-state index in [1.165, 1.54) is 30.5 Å². The van der Waals surface area contributed by atoms with Crippen LogP contribution in [0, 0.1) is 5.82 Å². The first-order chi connectivity index (χ1) is 10.2. The van der Waals surface area contributed by atoms with Crippen LogP contribution in [0.2, 0.25) is 0 Å². The van der Waals surface area contributed by atoms with Crippen LogP contribution >= 0.6 is 0 Å². The Kier molecular flexibility index (Phi) is 3.47. The molecule has 3 rings (SSSR count). The van der Waals surface area contributed by atoms with E-state index in [9.17, 15) is 9.18 Å². The molecule has 1 heterocycles. The van der Waals surface area contributed by atoms with Gasteiger partial charge >= 0.3 is 0 Å². The minimum absolute atomic E-state index is 0.297. The van der Waals surface area contributed by atoms with Gasteiger partial charge < -0.3 is 9.84 Å². The molecule has 0 unspecified atom stereocenters. The number of carbonyl (C=O) groups excluding carboxylic acids is 1. The minimum atomic E-state index is -0.353. The molecule has 0 saturated heterocycles. The molecule has 0 spiro atoms. The third kappa shape index (κ3) is 2.81. The van der Waals surface area contributed by atoms with E-state index >= 15 is 0 Å². The van der Waals surface area contributed by atoms with Crippen molar-refractivity contribution < 1.29 is 13.7 Å². The Labute approximate surface area is 120 Å². The van der Waals surface area contributed by atoms with Gasteiger partial charge in [0.2, 0.25) is 0 Å². The van der Waals surface area contributed by atoms with Crippen LogP contribution in [0.5, 0.6) is 0 Å². The van der Waals surface area contributed by atoms with Crippen LogP contribution in [0.15, 0.2) is 65.3 Å². The molecule has 1 amide bonds. The van der Waals surface area contributed by atoms with Gasteiger partial charge in [0, 0.05) is 11.3 Å². The fraction of sp³-hybridized carbons (Fsp3) is 0. The summed E-state index contributed by atoms with van der Waals surface area (Å²) < 4.78 is 18.1. The molecule has 5 heteroatoms. The van der Waals surface area contributed by atoms with E-state index in [0.717, 1.165) is 0 Å². The van der Waals surface area contributed by atoms with Crippen molar-refractivity contribution in [3.63, 3.8) is 0 Å². The summed E-state index contributed by atoms with van der Waals surface area (Å²) in [5.41, 5.74) is 1.56. The van der Waals surface area contributed by atoms with Gasteiger partial charge in [-0.3, -0.25) is 4.79 Å². The van der Waals surface area contributed by atoms with Crippen molar-refractivity contribution in [1.82, 2.24) is 5.16 Å². The van der Waals surface area contributed by atoms with Crippen molar-refractivity contribution in [2.24, 2.45) is 0 Å². The number of hydrogen-bond donors (Lipinski definition) is 1.